The van der Waals surface area contributed by atoms with Crippen molar-refractivity contribution in [1.29, 1.82) is 0 Å². The number of nitrogens with two attached hydrogens (primary N) is 1. The van der Waals surface area contributed by atoms with Crippen LogP contribution in [-0.4, -0.2) is 93.3 Å². The number of rotatable bonds is 5. The zero-order valence-electron chi connectivity index (χ0n) is 18.1. The summed E-state index contributed by atoms with van der Waals surface area (Å²) in [6, 6.07) is -0.465. The van der Waals surface area contributed by atoms with Gasteiger partial charge in [0, 0.05) is 18.4 Å². The Kier molecular flexibility index (Phi) is 8.14. The van der Waals surface area contributed by atoms with Crippen molar-refractivity contribution in [2.75, 3.05) is 6.61 Å². The van der Waals surface area contributed by atoms with Crippen molar-refractivity contribution in [1.82, 2.24) is 0 Å². The Morgan fingerprint density at radius 3 is 2.20 bits per heavy atom. The highest BCUT2D eigenvalue weighted by Crippen LogP contribution is 2.42. The van der Waals surface area contributed by atoms with E-state index in [0.29, 0.717) is 19.3 Å². The van der Waals surface area contributed by atoms with Crippen LogP contribution in [0.5, 0.6) is 0 Å². The average molecular weight is 434 g/mol. The van der Waals surface area contributed by atoms with Gasteiger partial charge in [-0.2, -0.15) is 0 Å². The van der Waals surface area contributed by atoms with Gasteiger partial charge in [-0.3, -0.25) is 0 Å². The van der Waals surface area contributed by atoms with Gasteiger partial charge < -0.3 is 45.5 Å². The van der Waals surface area contributed by atoms with E-state index in [2.05, 4.69) is 0 Å². The second-order valence-corrected chi connectivity index (χ2v) is 9.47. The van der Waals surface area contributed by atoms with Gasteiger partial charge in [0.15, 0.2) is 6.29 Å². The number of hydrogen-bond acceptors (Lipinski definition) is 9. The SMILES string of the molecule is CCC1OC(C2C(C)CC(N)C(OC3OC(CO)C(O)CC3O)C2O)C(C)CC1O. The van der Waals surface area contributed by atoms with E-state index in [1.165, 1.54) is 0 Å². The number of hydrogen-bond donors (Lipinski definition) is 6. The van der Waals surface area contributed by atoms with Gasteiger partial charge in [-0.05, 0) is 31.1 Å². The third-order valence-corrected chi connectivity index (χ3v) is 7.18. The molecule has 2 saturated heterocycles. The average Bonchev–Trinajstić information content (AvgIpc) is 2.68. The fraction of sp³-hybridized carbons (Fsp3) is 1.00. The van der Waals surface area contributed by atoms with Crippen molar-refractivity contribution >= 4 is 0 Å². The highest BCUT2D eigenvalue weighted by molar-refractivity contribution is 5.00. The van der Waals surface area contributed by atoms with Gasteiger partial charge in [-0.25, -0.2) is 0 Å². The summed E-state index contributed by atoms with van der Waals surface area (Å²) in [4.78, 5) is 0. The van der Waals surface area contributed by atoms with Crippen LogP contribution in [-0.2, 0) is 14.2 Å². The molecule has 30 heavy (non-hydrogen) atoms. The minimum absolute atomic E-state index is 0.00656. The molecule has 2 heterocycles. The second kappa shape index (κ2) is 10.1. The van der Waals surface area contributed by atoms with E-state index in [-0.39, 0.29) is 36.4 Å². The molecule has 0 radical (unpaired) electrons. The number of aliphatic hydroxyl groups is 5. The highest BCUT2D eigenvalue weighted by Gasteiger charge is 2.51. The van der Waals surface area contributed by atoms with Crippen LogP contribution in [0, 0.1) is 17.8 Å². The summed E-state index contributed by atoms with van der Waals surface area (Å²) in [5.41, 5.74) is 6.32. The third kappa shape index (κ3) is 4.84. The molecule has 3 rings (SSSR count). The quantitative estimate of drug-likeness (QED) is 0.324. The first kappa shape index (κ1) is 24.3. The van der Waals surface area contributed by atoms with Crippen molar-refractivity contribution in [3.63, 3.8) is 0 Å². The Hall–Kier alpha value is -0.360. The highest BCUT2D eigenvalue weighted by atomic mass is 16.7. The molecule has 176 valence electrons. The lowest BCUT2D eigenvalue weighted by molar-refractivity contribution is -0.303. The molecule has 2 aliphatic heterocycles. The van der Waals surface area contributed by atoms with Gasteiger partial charge in [0.2, 0.25) is 0 Å². The van der Waals surface area contributed by atoms with Crippen LogP contribution in [0.2, 0.25) is 0 Å². The predicted molar refractivity (Wildman–Crippen MR) is 107 cm³/mol. The van der Waals surface area contributed by atoms with Gasteiger partial charge in [0.1, 0.15) is 18.3 Å². The molecular formula is C21H39NO8. The van der Waals surface area contributed by atoms with Crippen LogP contribution in [0.25, 0.3) is 0 Å². The van der Waals surface area contributed by atoms with Crippen LogP contribution in [0.3, 0.4) is 0 Å². The molecular weight excluding hydrogens is 394 g/mol. The molecule has 0 amide bonds. The van der Waals surface area contributed by atoms with Crippen LogP contribution >= 0.6 is 0 Å². The van der Waals surface area contributed by atoms with Gasteiger partial charge in [0.25, 0.3) is 0 Å². The van der Waals surface area contributed by atoms with Crippen molar-refractivity contribution < 1.29 is 39.7 Å². The molecule has 0 aromatic carbocycles. The van der Waals surface area contributed by atoms with Crippen molar-refractivity contribution in [2.45, 2.75) is 108 Å². The summed E-state index contributed by atoms with van der Waals surface area (Å²) >= 11 is 0. The Bertz CT molecular complexity index is 553. The van der Waals surface area contributed by atoms with Crippen LogP contribution in [0.15, 0.2) is 0 Å². The Morgan fingerprint density at radius 2 is 1.57 bits per heavy atom. The van der Waals surface area contributed by atoms with E-state index in [1.807, 2.05) is 20.8 Å². The molecule has 3 fully saturated rings. The largest absolute Gasteiger partial charge is 0.394 e. The monoisotopic (exact) mass is 433 g/mol. The van der Waals surface area contributed by atoms with Gasteiger partial charge in [0.05, 0.1) is 37.1 Å². The molecule has 3 aliphatic rings. The molecule has 0 bridgehead atoms. The van der Waals surface area contributed by atoms with Crippen molar-refractivity contribution in [2.24, 2.45) is 23.5 Å². The molecule has 0 spiro atoms. The molecule has 13 unspecified atom stereocenters. The third-order valence-electron chi connectivity index (χ3n) is 7.18. The lowest BCUT2D eigenvalue weighted by Gasteiger charge is -2.50. The van der Waals surface area contributed by atoms with Crippen molar-refractivity contribution in [3.05, 3.63) is 0 Å². The maximum Gasteiger partial charge on any atom is 0.184 e. The summed E-state index contributed by atoms with van der Waals surface area (Å²) < 4.78 is 17.7. The minimum atomic E-state index is -1.10. The molecule has 0 aromatic heterocycles. The van der Waals surface area contributed by atoms with Gasteiger partial charge in [-0.15, -0.1) is 0 Å². The zero-order chi connectivity index (χ0) is 22.2. The molecule has 9 nitrogen and oxygen atoms in total. The first-order chi connectivity index (χ1) is 14.2. The summed E-state index contributed by atoms with van der Waals surface area (Å²) in [6.45, 7) is 5.62. The molecule has 7 N–H and O–H groups in total. The van der Waals surface area contributed by atoms with E-state index in [4.69, 9.17) is 19.9 Å². The number of ether oxygens (including phenoxy) is 3. The molecule has 9 heteroatoms. The molecule has 13 atom stereocenters. The summed E-state index contributed by atoms with van der Waals surface area (Å²) in [5.74, 6) is -0.101. The van der Waals surface area contributed by atoms with E-state index in [9.17, 15) is 25.5 Å². The smallest absolute Gasteiger partial charge is 0.184 e. The van der Waals surface area contributed by atoms with E-state index < -0.39 is 55.6 Å². The predicted octanol–water partition coefficient (Wildman–Crippen LogP) is -0.891. The Morgan fingerprint density at radius 1 is 0.900 bits per heavy atom. The normalized spacial score (nSPS) is 52.9. The van der Waals surface area contributed by atoms with Gasteiger partial charge >= 0.3 is 0 Å². The van der Waals surface area contributed by atoms with E-state index in [1.54, 1.807) is 0 Å². The Labute approximate surface area is 178 Å². The minimum Gasteiger partial charge on any atom is -0.394 e. The first-order valence-corrected chi connectivity index (χ1v) is 11.2. The van der Waals surface area contributed by atoms with E-state index in [0.717, 1.165) is 0 Å². The Balaban J connectivity index is 1.74. The lowest BCUT2D eigenvalue weighted by Crippen LogP contribution is -2.62. The van der Waals surface area contributed by atoms with Crippen LogP contribution < -0.4 is 5.73 Å². The second-order valence-electron chi connectivity index (χ2n) is 9.47. The molecule has 1 aliphatic carbocycles. The standard InChI is InChI=1S/C21H39NO8/c1-4-15-12(24)6-10(3)19(28-15)17-9(2)5-11(22)20(18(17)27)30-21-14(26)7-13(25)16(8-23)29-21/h9-21,23-27H,4-8,22H2,1-3H3. The summed E-state index contributed by atoms with van der Waals surface area (Å²) in [7, 11) is 0. The fourth-order valence-electron chi connectivity index (χ4n) is 5.47. The topological polar surface area (TPSA) is 155 Å². The lowest BCUT2D eigenvalue weighted by atomic mass is 9.68. The van der Waals surface area contributed by atoms with Crippen molar-refractivity contribution in [3.8, 4) is 0 Å². The first-order valence-electron chi connectivity index (χ1n) is 11.2. The number of aliphatic hydroxyl groups excluding tert-OH is 5. The van der Waals surface area contributed by atoms with Crippen LogP contribution in [0.4, 0.5) is 0 Å². The van der Waals surface area contributed by atoms with Crippen LogP contribution in [0.1, 0.15) is 46.5 Å². The summed E-state index contributed by atoms with van der Waals surface area (Å²) in [5, 5.41) is 51.1. The summed E-state index contributed by atoms with van der Waals surface area (Å²) in [6.07, 6.45) is -4.89. The van der Waals surface area contributed by atoms with Gasteiger partial charge in [-0.1, -0.05) is 20.8 Å². The molecule has 0 aromatic rings. The van der Waals surface area contributed by atoms with E-state index >= 15 is 0 Å². The maximum atomic E-state index is 11.3. The zero-order valence-corrected chi connectivity index (χ0v) is 18.1. The fourth-order valence-corrected chi connectivity index (χ4v) is 5.47. The maximum absolute atomic E-state index is 11.3. The molecule has 1 saturated carbocycles.